The number of aromatic amines is 1. The molecule has 3 aromatic carbocycles. The number of nitrogens with zero attached hydrogens (tertiary/aromatic N) is 1. The van der Waals surface area contributed by atoms with Crippen LogP contribution in [0.2, 0.25) is 0 Å². The molecule has 0 fully saturated rings. The maximum Gasteiger partial charge on any atom is 0.314 e. The summed E-state index contributed by atoms with van der Waals surface area (Å²) in [6.07, 6.45) is 0.576. The molecule has 0 aliphatic heterocycles. The van der Waals surface area contributed by atoms with Crippen molar-refractivity contribution >= 4 is 22.4 Å². The molecular formula is C23H18N2O5. The van der Waals surface area contributed by atoms with Crippen molar-refractivity contribution in [3.05, 3.63) is 100 Å². The number of aromatic nitrogens is 1. The molecule has 0 spiro atoms. The zero-order valence-electron chi connectivity index (χ0n) is 16.1. The molecule has 4 rings (SSSR count). The lowest BCUT2D eigenvalue weighted by Gasteiger charge is -2.18. The highest BCUT2D eigenvalue weighted by molar-refractivity contribution is 6.10. The van der Waals surface area contributed by atoms with Crippen LogP contribution in [0.5, 0.6) is 11.5 Å². The maximum absolute atomic E-state index is 13.5. The minimum atomic E-state index is -1.06. The zero-order valence-corrected chi connectivity index (χ0v) is 16.1. The highest BCUT2D eigenvalue weighted by Crippen LogP contribution is 2.36. The van der Waals surface area contributed by atoms with Crippen molar-refractivity contribution in [3.63, 3.8) is 0 Å². The monoisotopic (exact) mass is 402 g/mol. The van der Waals surface area contributed by atoms with Crippen LogP contribution in [-0.2, 0) is 0 Å². The lowest BCUT2D eigenvalue weighted by molar-refractivity contribution is -0.386. The number of nitro benzene ring substituents is 1. The van der Waals surface area contributed by atoms with E-state index < -0.39 is 11.0 Å². The Morgan fingerprint density at radius 1 is 1.03 bits per heavy atom. The van der Waals surface area contributed by atoms with E-state index in [-0.39, 0.29) is 17.2 Å². The van der Waals surface area contributed by atoms with Gasteiger partial charge < -0.3 is 14.5 Å². The summed E-state index contributed by atoms with van der Waals surface area (Å²) in [6.45, 7) is 0. The van der Waals surface area contributed by atoms with Crippen molar-refractivity contribution in [2.45, 2.75) is 6.10 Å². The van der Waals surface area contributed by atoms with Crippen molar-refractivity contribution in [3.8, 4) is 11.5 Å². The summed E-state index contributed by atoms with van der Waals surface area (Å²) in [7, 11) is 1.42. The number of nitrogens with one attached hydrogen (secondary N) is 1. The lowest BCUT2D eigenvalue weighted by atomic mass is 9.99. The molecule has 7 heteroatoms. The topological polar surface area (TPSA) is 94.5 Å². The van der Waals surface area contributed by atoms with Crippen LogP contribution in [0.1, 0.15) is 22.0 Å². The maximum atomic E-state index is 13.5. The molecule has 1 aromatic heterocycles. The van der Waals surface area contributed by atoms with Gasteiger partial charge in [-0.25, -0.2) is 0 Å². The summed E-state index contributed by atoms with van der Waals surface area (Å²) in [6, 6.07) is 20.6. The summed E-state index contributed by atoms with van der Waals surface area (Å²) < 4.78 is 11.0. The quantitative estimate of drug-likeness (QED) is 0.264. The van der Waals surface area contributed by atoms with Gasteiger partial charge in [-0.2, -0.15) is 0 Å². The summed E-state index contributed by atoms with van der Waals surface area (Å²) in [5.74, 6) is 0.0138. The van der Waals surface area contributed by atoms with E-state index in [9.17, 15) is 14.9 Å². The molecule has 1 N–H and O–H groups in total. The number of carbonyl (C=O) groups is 1. The molecule has 30 heavy (non-hydrogen) atoms. The Hall–Kier alpha value is -4.13. The van der Waals surface area contributed by atoms with Gasteiger partial charge >= 0.3 is 5.69 Å². The first-order valence-electron chi connectivity index (χ1n) is 9.23. The molecule has 0 aliphatic rings. The second-order valence-corrected chi connectivity index (χ2v) is 6.61. The molecule has 0 radical (unpaired) electrons. The van der Waals surface area contributed by atoms with Gasteiger partial charge in [-0.05, 0) is 18.2 Å². The SMILES string of the molecule is COc1ccc(OC(C(=O)c2c[nH]c3ccccc23)c2ccccc2)c([N+](=O)[O-])c1. The average Bonchev–Trinajstić information content (AvgIpc) is 3.21. The van der Waals surface area contributed by atoms with Crippen molar-refractivity contribution in [1.29, 1.82) is 0 Å². The van der Waals surface area contributed by atoms with E-state index in [1.54, 1.807) is 36.5 Å². The minimum absolute atomic E-state index is 0.0113. The Bertz CT molecular complexity index is 1220. The number of carbonyl (C=O) groups excluding carboxylic acids is 1. The lowest BCUT2D eigenvalue weighted by Crippen LogP contribution is -2.19. The first kappa shape index (κ1) is 19.2. The molecule has 150 valence electrons. The molecule has 1 unspecified atom stereocenters. The Balaban J connectivity index is 1.79. The van der Waals surface area contributed by atoms with Crippen molar-refractivity contribution in [2.24, 2.45) is 0 Å². The number of methoxy groups -OCH3 is 1. The van der Waals surface area contributed by atoms with Gasteiger partial charge in [-0.15, -0.1) is 0 Å². The fraction of sp³-hybridized carbons (Fsp3) is 0.0870. The molecule has 0 saturated heterocycles. The molecule has 0 aliphatic carbocycles. The van der Waals surface area contributed by atoms with Crippen LogP contribution < -0.4 is 9.47 Å². The smallest absolute Gasteiger partial charge is 0.314 e. The third-order valence-electron chi connectivity index (χ3n) is 4.80. The molecule has 4 aromatic rings. The number of fused-ring (bicyclic) bond motifs is 1. The van der Waals surface area contributed by atoms with Crippen LogP contribution in [-0.4, -0.2) is 22.8 Å². The second-order valence-electron chi connectivity index (χ2n) is 6.61. The highest BCUT2D eigenvalue weighted by Gasteiger charge is 2.29. The first-order valence-corrected chi connectivity index (χ1v) is 9.23. The zero-order chi connectivity index (χ0) is 21.1. The Kier molecular flexibility index (Phi) is 5.17. The standard InChI is InChI=1S/C23H18N2O5/c1-29-16-11-12-21(20(13-16)25(27)28)30-23(15-7-3-2-4-8-15)22(26)18-14-24-19-10-6-5-9-17(18)19/h2-14,23-24H,1H3. The largest absolute Gasteiger partial charge is 0.496 e. The fourth-order valence-electron chi connectivity index (χ4n) is 3.31. The van der Waals surface area contributed by atoms with E-state index >= 15 is 0 Å². The number of ether oxygens (including phenoxy) is 2. The number of ketones is 1. The second kappa shape index (κ2) is 8.08. The summed E-state index contributed by atoms with van der Waals surface area (Å²) in [5, 5.41) is 12.3. The number of Topliss-reactive ketones (excluding diaryl/α,β-unsaturated/α-hetero) is 1. The molecule has 0 amide bonds. The molecule has 1 heterocycles. The number of H-pyrrole nitrogens is 1. The number of hydrogen-bond donors (Lipinski definition) is 1. The minimum Gasteiger partial charge on any atom is -0.496 e. The average molecular weight is 402 g/mol. The van der Waals surface area contributed by atoms with Crippen molar-refractivity contribution in [2.75, 3.05) is 7.11 Å². The van der Waals surface area contributed by atoms with E-state index in [0.717, 1.165) is 10.9 Å². The van der Waals surface area contributed by atoms with Crippen LogP contribution in [0.25, 0.3) is 10.9 Å². The number of benzene rings is 3. The van der Waals surface area contributed by atoms with E-state index in [4.69, 9.17) is 9.47 Å². The predicted octanol–water partition coefficient (Wildman–Crippen LogP) is 5.09. The third-order valence-corrected chi connectivity index (χ3v) is 4.80. The van der Waals surface area contributed by atoms with Gasteiger partial charge in [0.25, 0.3) is 0 Å². The van der Waals surface area contributed by atoms with Crippen molar-refractivity contribution < 1.29 is 19.2 Å². The van der Waals surface area contributed by atoms with Crippen LogP contribution in [0.4, 0.5) is 5.69 Å². The Morgan fingerprint density at radius 3 is 2.50 bits per heavy atom. The van der Waals surface area contributed by atoms with Crippen LogP contribution in [0, 0.1) is 10.1 Å². The molecular weight excluding hydrogens is 384 g/mol. The Morgan fingerprint density at radius 2 is 1.77 bits per heavy atom. The van der Waals surface area contributed by atoms with Crippen LogP contribution >= 0.6 is 0 Å². The van der Waals surface area contributed by atoms with E-state index in [2.05, 4.69) is 4.98 Å². The summed E-state index contributed by atoms with van der Waals surface area (Å²) in [5.41, 5.74) is 1.60. The predicted molar refractivity (Wildman–Crippen MR) is 112 cm³/mol. The van der Waals surface area contributed by atoms with Crippen LogP contribution in [0.3, 0.4) is 0 Å². The van der Waals surface area contributed by atoms with E-state index in [0.29, 0.717) is 16.9 Å². The Labute approximate surface area is 172 Å². The van der Waals surface area contributed by atoms with Crippen LogP contribution in [0.15, 0.2) is 79.0 Å². The first-order chi connectivity index (χ1) is 14.6. The molecule has 0 saturated carbocycles. The van der Waals surface area contributed by atoms with E-state index in [1.807, 2.05) is 30.3 Å². The third kappa shape index (κ3) is 3.60. The normalized spacial score (nSPS) is 11.8. The molecule has 0 bridgehead atoms. The van der Waals surface area contributed by atoms with E-state index in [1.165, 1.54) is 19.2 Å². The van der Waals surface area contributed by atoms with Gasteiger partial charge in [0, 0.05) is 28.2 Å². The van der Waals surface area contributed by atoms with Gasteiger partial charge in [0.15, 0.2) is 11.9 Å². The highest BCUT2D eigenvalue weighted by atomic mass is 16.6. The number of nitro groups is 1. The fourth-order valence-corrected chi connectivity index (χ4v) is 3.31. The van der Waals surface area contributed by atoms with Gasteiger partial charge in [-0.1, -0.05) is 48.5 Å². The van der Waals surface area contributed by atoms with Crippen molar-refractivity contribution in [1.82, 2.24) is 4.98 Å². The number of para-hydroxylation sites is 1. The van der Waals surface area contributed by atoms with Gasteiger partial charge in [0.2, 0.25) is 5.78 Å². The number of hydrogen-bond acceptors (Lipinski definition) is 5. The van der Waals surface area contributed by atoms with Gasteiger partial charge in [0.05, 0.1) is 18.1 Å². The summed E-state index contributed by atoms with van der Waals surface area (Å²) >= 11 is 0. The van der Waals surface area contributed by atoms with Gasteiger partial charge in [-0.3, -0.25) is 14.9 Å². The molecule has 7 nitrogen and oxygen atoms in total. The molecule has 1 atom stereocenters. The summed E-state index contributed by atoms with van der Waals surface area (Å²) in [4.78, 5) is 27.6. The van der Waals surface area contributed by atoms with Gasteiger partial charge in [0.1, 0.15) is 5.75 Å². The number of rotatable bonds is 7.